The van der Waals surface area contributed by atoms with Gasteiger partial charge in [0, 0.05) is 13.6 Å². The number of hydrogen-bond donors (Lipinski definition) is 2. The van der Waals surface area contributed by atoms with Crippen molar-refractivity contribution in [3.8, 4) is 11.5 Å². The van der Waals surface area contributed by atoms with Crippen molar-refractivity contribution in [3.05, 3.63) is 23.8 Å². The molecular weight excluding hydrogens is 244 g/mol. The first-order valence-corrected chi connectivity index (χ1v) is 6.38. The molecule has 1 atom stereocenters. The van der Waals surface area contributed by atoms with Gasteiger partial charge in [0.1, 0.15) is 0 Å². The fourth-order valence-corrected chi connectivity index (χ4v) is 1.64. The molecule has 1 unspecified atom stereocenters. The summed E-state index contributed by atoms with van der Waals surface area (Å²) in [6.45, 7) is 5.44. The molecule has 1 rings (SSSR count). The summed E-state index contributed by atoms with van der Waals surface area (Å²) in [5.41, 5.74) is 1.11. The molecule has 19 heavy (non-hydrogen) atoms. The van der Waals surface area contributed by atoms with Crippen molar-refractivity contribution in [2.45, 2.75) is 26.5 Å². The summed E-state index contributed by atoms with van der Waals surface area (Å²) < 4.78 is 10.9. The van der Waals surface area contributed by atoms with Crippen LogP contribution in [0.15, 0.2) is 18.2 Å². The number of nitrogens with one attached hydrogen (secondary N) is 2. The third-order valence-electron chi connectivity index (χ3n) is 2.73. The first-order valence-electron chi connectivity index (χ1n) is 6.38. The molecule has 5 heteroatoms. The largest absolute Gasteiger partial charge is 0.493 e. The average Bonchev–Trinajstić information content (AvgIpc) is 2.44. The molecule has 0 fully saturated rings. The predicted molar refractivity (Wildman–Crippen MR) is 74.5 cm³/mol. The van der Waals surface area contributed by atoms with E-state index < -0.39 is 6.10 Å². The van der Waals surface area contributed by atoms with Gasteiger partial charge in [-0.15, -0.1) is 0 Å². The van der Waals surface area contributed by atoms with E-state index in [-0.39, 0.29) is 5.91 Å². The fraction of sp³-hybridized carbons (Fsp3) is 0.500. The number of likely N-dealkylation sites (N-methyl/N-ethyl adjacent to an activating group) is 1. The van der Waals surface area contributed by atoms with Crippen LogP contribution in [-0.2, 0) is 11.3 Å². The van der Waals surface area contributed by atoms with Crippen molar-refractivity contribution >= 4 is 5.91 Å². The second-order valence-corrected chi connectivity index (χ2v) is 4.14. The highest BCUT2D eigenvalue weighted by atomic mass is 16.5. The number of rotatable bonds is 7. The summed E-state index contributed by atoms with van der Waals surface area (Å²) in [6.07, 6.45) is -0.557. The Balaban J connectivity index is 2.80. The molecule has 0 saturated carbocycles. The van der Waals surface area contributed by atoms with E-state index in [1.807, 2.05) is 18.2 Å². The van der Waals surface area contributed by atoms with Crippen LogP contribution in [0.1, 0.15) is 19.4 Å². The number of hydrogen-bond acceptors (Lipinski definition) is 4. The lowest BCUT2D eigenvalue weighted by Crippen LogP contribution is -2.33. The summed E-state index contributed by atoms with van der Waals surface area (Å²) in [4.78, 5) is 11.4. The number of ether oxygens (including phenoxy) is 2. The van der Waals surface area contributed by atoms with Gasteiger partial charge >= 0.3 is 0 Å². The topological polar surface area (TPSA) is 59.6 Å². The maximum absolute atomic E-state index is 11.4. The fourth-order valence-electron chi connectivity index (χ4n) is 1.64. The number of amides is 1. The molecule has 0 aliphatic carbocycles. The van der Waals surface area contributed by atoms with E-state index in [0.29, 0.717) is 11.5 Å². The number of carbonyl (C=O) groups is 1. The molecular formula is C14H22N2O3. The van der Waals surface area contributed by atoms with E-state index in [0.717, 1.165) is 18.7 Å². The molecule has 0 radical (unpaired) electrons. The summed E-state index contributed by atoms with van der Waals surface area (Å²) in [6, 6.07) is 5.69. The zero-order chi connectivity index (χ0) is 14.3. The first-order chi connectivity index (χ1) is 9.12. The van der Waals surface area contributed by atoms with Crippen molar-refractivity contribution in [2.75, 3.05) is 20.7 Å². The predicted octanol–water partition coefficient (Wildman–Crippen LogP) is 1.32. The normalized spacial score (nSPS) is 11.8. The lowest BCUT2D eigenvalue weighted by molar-refractivity contribution is -0.126. The second kappa shape index (κ2) is 7.63. The minimum atomic E-state index is -0.557. The summed E-state index contributed by atoms with van der Waals surface area (Å²) in [7, 11) is 3.17. The number of methoxy groups -OCH3 is 1. The van der Waals surface area contributed by atoms with Gasteiger partial charge in [0.25, 0.3) is 5.91 Å². The van der Waals surface area contributed by atoms with Crippen LogP contribution in [0.3, 0.4) is 0 Å². The number of carbonyl (C=O) groups excluding carboxylic acids is 1. The van der Waals surface area contributed by atoms with Crippen LogP contribution < -0.4 is 20.1 Å². The van der Waals surface area contributed by atoms with Crippen molar-refractivity contribution < 1.29 is 14.3 Å². The van der Waals surface area contributed by atoms with Gasteiger partial charge in [0.05, 0.1) is 7.11 Å². The van der Waals surface area contributed by atoms with Crippen molar-refractivity contribution in [3.63, 3.8) is 0 Å². The molecule has 0 heterocycles. The van der Waals surface area contributed by atoms with Gasteiger partial charge < -0.3 is 20.1 Å². The van der Waals surface area contributed by atoms with Crippen molar-refractivity contribution in [2.24, 2.45) is 0 Å². The van der Waals surface area contributed by atoms with Crippen LogP contribution in [0.5, 0.6) is 11.5 Å². The van der Waals surface area contributed by atoms with Gasteiger partial charge in [-0.05, 0) is 31.2 Å². The molecule has 1 aromatic carbocycles. The molecule has 106 valence electrons. The van der Waals surface area contributed by atoms with Crippen LogP contribution in [0.2, 0.25) is 0 Å². The zero-order valence-electron chi connectivity index (χ0n) is 11.9. The Bertz CT molecular complexity index is 421. The Morgan fingerprint density at radius 2 is 2.11 bits per heavy atom. The molecule has 0 saturated heterocycles. The van der Waals surface area contributed by atoms with E-state index in [2.05, 4.69) is 17.6 Å². The van der Waals surface area contributed by atoms with E-state index in [9.17, 15) is 4.79 Å². The first kappa shape index (κ1) is 15.3. The molecule has 0 bridgehead atoms. The van der Waals surface area contributed by atoms with E-state index in [1.165, 1.54) is 0 Å². The van der Waals surface area contributed by atoms with E-state index >= 15 is 0 Å². The van der Waals surface area contributed by atoms with Gasteiger partial charge in [-0.1, -0.05) is 13.0 Å². The van der Waals surface area contributed by atoms with Gasteiger partial charge in [-0.3, -0.25) is 4.79 Å². The van der Waals surface area contributed by atoms with Gasteiger partial charge in [0.2, 0.25) is 0 Å². The Labute approximate surface area is 114 Å². The smallest absolute Gasteiger partial charge is 0.260 e. The molecule has 5 nitrogen and oxygen atoms in total. The Hall–Kier alpha value is -1.75. The third kappa shape index (κ3) is 4.44. The van der Waals surface area contributed by atoms with E-state index in [4.69, 9.17) is 9.47 Å². The monoisotopic (exact) mass is 266 g/mol. The molecule has 0 aliphatic heterocycles. The van der Waals surface area contributed by atoms with Gasteiger partial charge in [0.15, 0.2) is 17.6 Å². The summed E-state index contributed by atoms with van der Waals surface area (Å²) in [5.74, 6) is 1.03. The highest BCUT2D eigenvalue weighted by Crippen LogP contribution is 2.28. The van der Waals surface area contributed by atoms with Crippen LogP contribution in [0, 0.1) is 0 Å². The van der Waals surface area contributed by atoms with Crippen LogP contribution in [0.25, 0.3) is 0 Å². The van der Waals surface area contributed by atoms with Crippen LogP contribution in [-0.4, -0.2) is 32.7 Å². The lowest BCUT2D eigenvalue weighted by Gasteiger charge is -2.16. The quantitative estimate of drug-likeness (QED) is 0.781. The highest BCUT2D eigenvalue weighted by molar-refractivity contribution is 5.80. The maximum atomic E-state index is 11.4. The molecule has 0 aromatic heterocycles. The van der Waals surface area contributed by atoms with Crippen LogP contribution >= 0.6 is 0 Å². The Morgan fingerprint density at radius 3 is 2.68 bits per heavy atom. The molecule has 1 aromatic rings. The SMILES string of the molecule is CCNCc1ccc(OC(C)C(=O)NC)c(OC)c1. The third-order valence-corrected chi connectivity index (χ3v) is 2.73. The van der Waals surface area contributed by atoms with Crippen molar-refractivity contribution in [1.82, 2.24) is 10.6 Å². The van der Waals surface area contributed by atoms with Crippen LogP contribution in [0.4, 0.5) is 0 Å². The maximum Gasteiger partial charge on any atom is 0.260 e. The number of benzene rings is 1. The molecule has 2 N–H and O–H groups in total. The van der Waals surface area contributed by atoms with Gasteiger partial charge in [-0.2, -0.15) is 0 Å². The molecule has 0 spiro atoms. The molecule has 1 amide bonds. The summed E-state index contributed by atoms with van der Waals surface area (Å²) in [5, 5.41) is 5.79. The average molecular weight is 266 g/mol. The Morgan fingerprint density at radius 1 is 1.37 bits per heavy atom. The van der Waals surface area contributed by atoms with E-state index in [1.54, 1.807) is 21.1 Å². The van der Waals surface area contributed by atoms with Crippen molar-refractivity contribution in [1.29, 1.82) is 0 Å². The zero-order valence-corrected chi connectivity index (χ0v) is 11.9. The second-order valence-electron chi connectivity index (χ2n) is 4.14. The minimum Gasteiger partial charge on any atom is -0.493 e. The standard InChI is InChI=1S/C14H22N2O3/c1-5-16-9-11-6-7-12(13(8-11)18-4)19-10(2)14(17)15-3/h6-8,10,16H,5,9H2,1-4H3,(H,15,17). The molecule has 0 aliphatic rings. The lowest BCUT2D eigenvalue weighted by atomic mass is 10.2. The highest BCUT2D eigenvalue weighted by Gasteiger charge is 2.15. The van der Waals surface area contributed by atoms with Gasteiger partial charge in [-0.25, -0.2) is 0 Å². The Kier molecular flexibility index (Phi) is 6.15. The minimum absolute atomic E-state index is 0.168. The summed E-state index contributed by atoms with van der Waals surface area (Å²) >= 11 is 0.